The highest BCUT2D eigenvalue weighted by Gasteiger charge is 2.15. The van der Waals surface area contributed by atoms with Crippen molar-refractivity contribution in [1.82, 2.24) is 10.2 Å². The molecule has 1 aliphatic heterocycles. The quantitative estimate of drug-likeness (QED) is 0.540. The van der Waals surface area contributed by atoms with Crippen LogP contribution in [0, 0.1) is 0 Å². The van der Waals surface area contributed by atoms with Crippen molar-refractivity contribution in [2.45, 2.75) is 43.4 Å². The Hall–Kier alpha value is -1.69. The van der Waals surface area contributed by atoms with Crippen LogP contribution in [0.3, 0.4) is 0 Å². The van der Waals surface area contributed by atoms with Crippen molar-refractivity contribution in [3.63, 3.8) is 0 Å². The van der Waals surface area contributed by atoms with E-state index in [2.05, 4.69) is 5.32 Å². The normalized spacial score (nSPS) is 14.9. The number of benzene rings is 1. The Bertz CT molecular complexity index is 548. The van der Waals surface area contributed by atoms with Crippen LogP contribution in [0.2, 0.25) is 0 Å². The Kier molecular flexibility index (Phi) is 8.66. The van der Waals surface area contributed by atoms with Gasteiger partial charge in [0.2, 0.25) is 11.8 Å². The predicted molar refractivity (Wildman–Crippen MR) is 101 cm³/mol. The topological polar surface area (TPSA) is 58.6 Å². The molecule has 1 N–H and O–H groups in total. The molecule has 0 radical (unpaired) electrons. The Balaban J connectivity index is 1.55. The van der Waals surface area contributed by atoms with Crippen molar-refractivity contribution >= 4 is 23.6 Å². The number of thioether (sulfide) groups is 1. The van der Waals surface area contributed by atoms with Gasteiger partial charge in [-0.3, -0.25) is 9.59 Å². The van der Waals surface area contributed by atoms with Gasteiger partial charge in [0.15, 0.2) is 0 Å². The van der Waals surface area contributed by atoms with Crippen molar-refractivity contribution < 1.29 is 14.3 Å². The highest BCUT2D eigenvalue weighted by molar-refractivity contribution is 7.99. The number of hydrogen-bond acceptors (Lipinski definition) is 4. The number of carbonyl (C=O) groups excluding carboxylic acids is 2. The number of rotatable bonds is 9. The van der Waals surface area contributed by atoms with Crippen LogP contribution in [0.15, 0.2) is 29.2 Å². The lowest BCUT2D eigenvalue weighted by atomic mass is 10.2. The molecule has 1 aliphatic rings. The molecule has 0 aromatic heterocycles. The molecule has 1 saturated heterocycles. The first-order valence-electron chi connectivity index (χ1n) is 9.00. The number of nitrogens with one attached hydrogen (secondary N) is 1. The molecule has 0 saturated carbocycles. The average molecular weight is 365 g/mol. The summed E-state index contributed by atoms with van der Waals surface area (Å²) in [6, 6.07) is 7.85. The summed E-state index contributed by atoms with van der Waals surface area (Å²) in [4.78, 5) is 26.8. The molecule has 6 heteroatoms. The van der Waals surface area contributed by atoms with E-state index >= 15 is 0 Å². The van der Waals surface area contributed by atoms with Gasteiger partial charge >= 0.3 is 0 Å². The van der Waals surface area contributed by atoms with E-state index in [4.69, 9.17) is 4.74 Å². The van der Waals surface area contributed by atoms with Crippen molar-refractivity contribution in [1.29, 1.82) is 0 Å². The van der Waals surface area contributed by atoms with Crippen molar-refractivity contribution in [2.75, 3.05) is 32.5 Å². The summed E-state index contributed by atoms with van der Waals surface area (Å²) in [6.07, 6.45) is 5.25. The van der Waals surface area contributed by atoms with Crippen LogP contribution in [0.25, 0.3) is 0 Å². The fourth-order valence-electron chi connectivity index (χ4n) is 2.79. The third-order valence-corrected chi connectivity index (χ3v) is 5.27. The minimum atomic E-state index is 0.0724. The number of ether oxygens (including phenoxy) is 1. The maximum Gasteiger partial charge on any atom is 0.222 e. The summed E-state index contributed by atoms with van der Waals surface area (Å²) >= 11 is 1.66. The molecule has 5 nitrogen and oxygen atoms in total. The van der Waals surface area contributed by atoms with Crippen LogP contribution in [-0.2, 0) is 9.59 Å². The molecule has 25 heavy (non-hydrogen) atoms. The summed E-state index contributed by atoms with van der Waals surface area (Å²) in [5, 5.41) is 2.95. The van der Waals surface area contributed by atoms with Crippen LogP contribution >= 0.6 is 11.8 Å². The third-order valence-electron chi connectivity index (χ3n) is 4.26. The molecule has 0 unspecified atom stereocenters. The van der Waals surface area contributed by atoms with Crippen molar-refractivity contribution in [2.24, 2.45) is 0 Å². The smallest absolute Gasteiger partial charge is 0.222 e. The highest BCUT2D eigenvalue weighted by atomic mass is 32.2. The standard InChI is InChI=1S/C19H28N2O3S/c1-24-16-7-9-17(10-8-16)25-15-11-18(22)20-12-5-14-21-13-4-2-3-6-19(21)23/h7-10H,2-6,11-15H2,1H3,(H,20,22). The van der Waals surface area contributed by atoms with E-state index in [0.717, 1.165) is 55.2 Å². The first-order chi connectivity index (χ1) is 12.2. The lowest BCUT2D eigenvalue weighted by molar-refractivity contribution is -0.130. The van der Waals surface area contributed by atoms with Gasteiger partial charge in [-0.1, -0.05) is 6.42 Å². The van der Waals surface area contributed by atoms with E-state index in [1.807, 2.05) is 29.2 Å². The van der Waals surface area contributed by atoms with Gasteiger partial charge in [0, 0.05) is 43.1 Å². The number of nitrogens with zero attached hydrogens (tertiary/aromatic N) is 1. The molecule has 0 atom stereocenters. The Morgan fingerprint density at radius 1 is 1.24 bits per heavy atom. The van der Waals surface area contributed by atoms with Gasteiger partial charge in [-0.15, -0.1) is 11.8 Å². The van der Waals surface area contributed by atoms with E-state index in [0.29, 0.717) is 19.4 Å². The summed E-state index contributed by atoms with van der Waals surface area (Å²) in [5.74, 6) is 1.93. The Morgan fingerprint density at radius 2 is 2.04 bits per heavy atom. The summed E-state index contributed by atoms with van der Waals surface area (Å²) in [5.41, 5.74) is 0. The van der Waals surface area contributed by atoms with Crippen LogP contribution in [0.4, 0.5) is 0 Å². The second-order valence-electron chi connectivity index (χ2n) is 6.17. The molecule has 1 heterocycles. The highest BCUT2D eigenvalue weighted by Crippen LogP contribution is 2.21. The lowest BCUT2D eigenvalue weighted by Gasteiger charge is -2.20. The molecular weight excluding hydrogens is 336 g/mol. The lowest BCUT2D eigenvalue weighted by Crippen LogP contribution is -2.34. The van der Waals surface area contributed by atoms with Gasteiger partial charge in [0.1, 0.15) is 5.75 Å². The van der Waals surface area contributed by atoms with Gasteiger partial charge in [-0.2, -0.15) is 0 Å². The monoisotopic (exact) mass is 364 g/mol. The predicted octanol–water partition coefficient (Wildman–Crippen LogP) is 3.09. The SMILES string of the molecule is COc1ccc(SCCC(=O)NCCCN2CCCCCC2=O)cc1. The fraction of sp³-hybridized carbons (Fsp3) is 0.579. The summed E-state index contributed by atoms with van der Waals surface area (Å²) < 4.78 is 5.13. The number of methoxy groups -OCH3 is 1. The zero-order valence-corrected chi connectivity index (χ0v) is 15.8. The second-order valence-corrected chi connectivity index (χ2v) is 7.34. The molecule has 1 aromatic rings. The van der Waals surface area contributed by atoms with E-state index in [1.165, 1.54) is 0 Å². The maximum atomic E-state index is 11.9. The van der Waals surface area contributed by atoms with Gasteiger partial charge in [0.25, 0.3) is 0 Å². The maximum absolute atomic E-state index is 11.9. The van der Waals surface area contributed by atoms with Crippen LogP contribution in [0.1, 0.15) is 38.5 Å². The summed E-state index contributed by atoms with van der Waals surface area (Å²) in [6.45, 7) is 2.25. The van der Waals surface area contributed by atoms with Crippen molar-refractivity contribution in [3.8, 4) is 5.75 Å². The molecule has 1 aromatic carbocycles. The molecule has 2 amide bonds. The van der Waals surface area contributed by atoms with Gasteiger partial charge in [0.05, 0.1) is 7.11 Å². The summed E-state index contributed by atoms with van der Waals surface area (Å²) in [7, 11) is 1.65. The molecule has 0 spiro atoms. The van der Waals surface area contributed by atoms with Crippen LogP contribution < -0.4 is 10.1 Å². The van der Waals surface area contributed by atoms with Gasteiger partial charge in [-0.25, -0.2) is 0 Å². The number of likely N-dealkylation sites (tertiary alicyclic amines) is 1. The Labute approximate surface area is 154 Å². The average Bonchev–Trinajstić information content (AvgIpc) is 2.83. The molecule has 2 rings (SSSR count). The first-order valence-corrected chi connectivity index (χ1v) is 9.99. The number of carbonyl (C=O) groups is 2. The molecule has 1 fully saturated rings. The van der Waals surface area contributed by atoms with Crippen LogP contribution in [0.5, 0.6) is 5.75 Å². The fourth-order valence-corrected chi connectivity index (χ4v) is 3.65. The largest absolute Gasteiger partial charge is 0.497 e. The third kappa shape index (κ3) is 7.38. The minimum Gasteiger partial charge on any atom is -0.497 e. The second kappa shape index (κ2) is 11.0. The Morgan fingerprint density at radius 3 is 2.80 bits per heavy atom. The van der Waals surface area contributed by atoms with E-state index in [-0.39, 0.29) is 11.8 Å². The zero-order valence-electron chi connectivity index (χ0n) is 15.0. The minimum absolute atomic E-state index is 0.0724. The van der Waals surface area contributed by atoms with E-state index in [9.17, 15) is 9.59 Å². The van der Waals surface area contributed by atoms with Crippen molar-refractivity contribution in [3.05, 3.63) is 24.3 Å². The van der Waals surface area contributed by atoms with Gasteiger partial charge in [-0.05, 0) is 43.5 Å². The van der Waals surface area contributed by atoms with Gasteiger partial charge < -0.3 is 15.0 Å². The molecule has 0 aliphatic carbocycles. The molecular formula is C19H28N2O3S. The van der Waals surface area contributed by atoms with E-state index < -0.39 is 0 Å². The zero-order chi connectivity index (χ0) is 17.9. The molecule has 138 valence electrons. The van der Waals surface area contributed by atoms with E-state index in [1.54, 1.807) is 18.9 Å². The first kappa shape index (κ1) is 19.6. The van der Waals surface area contributed by atoms with Crippen LogP contribution in [-0.4, -0.2) is 49.2 Å². The number of hydrogen-bond donors (Lipinski definition) is 1. The number of amides is 2. The molecule has 0 bridgehead atoms.